The van der Waals surface area contributed by atoms with Crippen molar-refractivity contribution in [1.82, 2.24) is 5.32 Å². The second-order valence-corrected chi connectivity index (χ2v) is 7.17. The highest BCUT2D eigenvalue weighted by atomic mass is 79.9. The Balaban J connectivity index is 1.99. The fraction of sp³-hybridized carbons (Fsp3) is 0.333. The maximum absolute atomic E-state index is 5.96. The van der Waals surface area contributed by atoms with Crippen LogP contribution in [0.1, 0.15) is 10.4 Å². The van der Waals surface area contributed by atoms with Crippen LogP contribution in [-0.4, -0.2) is 20.3 Å². The predicted molar refractivity (Wildman–Crippen MR) is 94.1 cm³/mol. The molecule has 1 aromatic heterocycles. The summed E-state index contributed by atoms with van der Waals surface area (Å²) >= 11 is 8.72. The number of hydrogen-bond donors (Lipinski definition) is 1. The smallest absolute Gasteiger partial charge is 0.124 e. The van der Waals surface area contributed by atoms with Gasteiger partial charge in [0.15, 0.2) is 0 Å². The van der Waals surface area contributed by atoms with Crippen molar-refractivity contribution in [2.75, 3.05) is 20.3 Å². The second kappa shape index (κ2) is 8.90. The average Bonchev–Trinajstić information content (AvgIpc) is 2.88. The molecule has 0 aliphatic carbocycles. The van der Waals surface area contributed by atoms with E-state index < -0.39 is 0 Å². The highest BCUT2D eigenvalue weighted by molar-refractivity contribution is 9.10. The maximum atomic E-state index is 5.96. The minimum Gasteiger partial charge on any atom is -0.488 e. The quantitative estimate of drug-likeness (QED) is 0.616. The largest absolute Gasteiger partial charge is 0.488 e. The van der Waals surface area contributed by atoms with Crippen LogP contribution in [0.25, 0.3) is 0 Å². The Kier molecular flexibility index (Phi) is 7.19. The van der Waals surface area contributed by atoms with Crippen molar-refractivity contribution in [2.24, 2.45) is 0 Å². The Hall–Kier alpha value is -0.400. The summed E-state index contributed by atoms with van der Waals surface area (Å²) in [5, 5.41) is 5.40. The molecule has 0 radical (unpaired) electrons. The third kappa shape index (κ3) is 5.38. The number of halogens is 2. The molecule has 0 spiro atoms. The fourth-order valence-corrected chi connectivity index (χ4v) is 3.58. The van der Waals surface area contributed by atoms with Gasteiger partial charge in [-0.3, -0.25) is 0 Å². The van der Waals surface area contributed by atoms with Crippen molar-refractivity contribution in [3.63, 3.8) is 0 Å². The molecule has 2 rings (SSSR count). The Morgan fingerprint density at radius 2 is 2.10 bits per heavy atom. The van der Waals surface area contributed by atoms with Crippen molar-refractivity contribution >= 4 is 43.2 Å². The summed E-state index contributed by atoms with van der Waals surface area (Å²) in [4.78, 5) is 1.19. The molecule has 1 heterocycles. The molecule has 114 valence electrons. The standard InChI is InChI=1S/C15H17Br2NO2S/c1-19-6-5-18-9-11-8-12(16)2-3-14(11)20-10-15-13(17)4-7-21-15/h2-4,7-8,18H,5-6,9-10H2,1H3. The van der Waals surface area contributed by atoms with Crippen molar-refractivity contribution in [3.8, 4) is 5.75 Å². The van der Waals surface area contributed by atoms with E-state index in [1.807, 2.05) is 18.2 Å². The molecule has 1 aromatic carbocycles. The van der Waals surface area contributed by atoms with E-state index in [9.17, 15) is 0 Å². The Labute approximate surface area is 145 Å². The van der Waals surface area contributed by atoms with E-state index in [0.29, 0.717) is 13.2 Å². The number of ether oxygens (including phenoxy) is 2. The molecule has 2 aromatic rings. The minimum atomic E-state index is 0.574. The number of methoxy groups -OCH3 is 1. The van der Waals surface area contributed by atoms with Gasteiger partial charge in [0, 0.05) is 34.7 Å². The number of rotatable bonds is 8. The number of benzene rings is 1. The van der Waals surface area contributed by atoms with Crippen molar-refractivity contribution in [2.45, 2.75) is 13.2 Å². The Morgan fingerprint density at radius 3 is 2.81 bits per heavy atom. The van der Waals surface area contributed by atoms with Gasteiger partial charge < -0.3 is 14.8 Å². The number of thiophene rings is 1. The number of hydrogen-bond acceptors (Lipinski definition) is 4. The molecular weight excluding hydrogens is 418 g/mol. The molecule has 0 aliphatic heterocycles. The zero-order valence-corrected chi connectivity index (χ0v) is 15.7. The lowest BCUT2D eigenvalue weighted by Gasteiger charge is -2.12. The first-order chi connectivity index (χ1) is 10.2. The van der Waals surface area contributed by atoms with E-state index in [1.165, 1.54) is 4.88 Å². The van der Waals surface area contributed by atoms with Crippen LogP contribution in [0.15, 0.2) is 38.6 Å². The zero-order chi connectivity index (χ0) is 15.1. The monoisotopic (exact) mass is 433 g/mol. The van der Waals surface area contributed by atoms with E-state index in [4.69, 9.17) is 9.47 Å². The summed E-state index contributed by atoms with van der Waals surface area (Å²) in [7, 11) is 1.70. The molecule has 0 saturated carbocycles. The summed E-state index contributed by atoms with van der Waals surface area (Å²) in [6, 6.07) is 8.12. The molecule has 0 unspecified atom stereocenters. The first-order valence-corrected chi connectivity index (χ1v) is 9.00. The second-order valence-electron chi connectivity index (χ2n) is 4.40. The van der Waals surface area contributed by atoms with Crippen LogP contribution in [0.3, 0.4) is 0 Å². The summed E-state index contributed by atoms with van der Waals surface area (Å²) < 4.78 is 13.2. The molecule has 0 saturated heterocycles. The summed E-state index contributed by atoms with van der Waals surface area (Å²) in [5.74, 6) is 0.906. The number of nitrogens with one attached hydrogen (secondary N) is 1. The third-order valence-corrected chi connectivity index (χ3v) is 5.26. The fourth-order valence-electron chi connectivity index (χ4n) is 1.80. The SMILES string of the molecule is COCCNCc1cc(Br)ccc1OCc1sccc1Br. The maximum Gasteiger partial charge on any atom is 0.124 e. The van der Waals surface area contributed by atoms with Gasteiger partial charge in [-0.15, -0.1) is 11.3 Å². The molecule has 0 fully saturated rings. The topological polar surface area (TPSA) is 30.5 Å². The molecular formula is C15H17Br2NO2S. The van der Waals surface area contributed by atoms with Gasteiger partial charge in [0.25, 0.3) is 0 Å². The predicted octanol–water partition coefficient (Wildman–Crippen LogP) is 4.59. The Morgan fingerprint density at radius 1 is 1.24 bits per heavy atom. The van der Waals surface area contributed by atoms with Gasteiger partial charge in [-0.25, -0.2) is 0 Å². The minimum absolute atomic E-state index is 0.574. The first-order valence-electron chi connectivity index (χ1n) is 6.53. The average molecular weight is 435 g/mol. The van der Waals surface area contributed by atoms with Crippen molar-refractivity contribution in [1.29, 1.82) is 0 Å². The van der Waals surface area contributed by atoms with Crippen LogP contribution in [0.2, 0.25) is 0 Å². The highest BCUT2D eigenvalue weighted by Crippen LogP contribution is 2.27. The third-order valence-electron chi connectivity index (χ3n) is 2.87. The van der Waals surface area contributed by atoms with Gasteiger partial charge in [-0.05, 0) is 45.6 Å². The van der Waals surface area contributed by atoms with E-state index in [2.05, 4.69) is 48.6 Å². The normalized spacial score (nSPS) is 10.8. The van der Waals surface area contributed by atoms with Gasteiger partial charge in [-0.2, -0.15) is 0 Å². The van der Waals surface area contributed by atoms with Crippen LogP contribution >= 0.6 is 43.2 Å². The van der Waals surface area contributed by atoms with Crippen LogP contribution in [0.5, 0.6) is 5.75 Å². The first kappa shape index (κ1) is 17.0. The van der Waals surface area contributed by atoms with Crippen LogP contribution < -0.4 is 10.1 Å². The molecule has 3 nitrogen and oxygen atoms in total. The van der Waals surface area contributed by atoms with E-state index in [0.717, 1.165) is 33.3 Å². The van der Waals surface area contributed by atoms with E-state index in [1.54, 1.807) is 18.4 Å². The van der Waals surface area contributed by atoms with Gasteiger partial charge in [0.05, 0.1) is 11.5 Å². The van der Waals surface area contributed by atoms with E-state index in [-0.39, 0.29) is 0 Å². The Bertz CT molecular complexity index is 575. The van der Waals surface area contributed by atoms with Crippen LogP contribution in [-0.2, 0) is 17.9 Å². The van der Waals surface area contributed by atoms with Crippen LogP contribution in [0.4, 0.5) is 0 Å². The van der Waals surface area contributed by atoms with E-state index >= 15 is 0 Å². The lowest BCUT2D eigenvalue weighted by atomic mass is 10.2. The zero-order valence-electron chi connectivity index (χ0n) is 11.7. The lowest BCUT2D eigenvalue weighted by Crippen LogP contribution is -2.19. The molecule has 1 N–H and O–H groups in total. The summed E-state index contributed by atoms with van der Waals surface area (Å²) in [5.41, 5.74) is 1.13. The molecule has 0 atom stereocenters. The van der Waals surface area contributed by atoms with Crippen LogP contribution in [0, 0.1) is 0 Å². The molecule has 21 heavy (non-hydrogen) atoms. The molecule has 0 aliphatic rings. The van der Waals surface area contributed by atoms with Crippen molar-refractivity contribution < 1.29 is 9.47 Å². The van der Waals surface area contributed by atoms with Gasteiger partial charge in [0.1, 0.15) is 12.4 Å². The van der Waals surface area contributed by atoms with Gasteiger partial charge in [0.2, 0.25) is 0 Å². The van der Waals surface area contributed by atoms with Gasteiger partial charge in [-0.1, -0.05) is 15.9 Å². The molecule has 6 heteroatoms. The molecule has 0 amide bonds. The lowest BCUT2D eigenvalue weighted by molar-refractivity contribution is 0.199. The van der Waals surface area contributed by atoms with Crippen molar-refractivity contribution in [3.05, 3.63) is 49.0 Å². The summed E-state index contributed by atoms with van der Waals surface area (Å²) in [6.45, 7) is 2.85. The van der Waals surface area contributed by atoms with Gasteiger partial charge >= 0.3 is 0 Å². The summed E-state index contributed by atoms with van der Waals surface area (Å²) in [6.07, 6.45) is 0. The molecule has 0 bridgehead atoms. The highest BCUT2D eigenvalue weighted by Gasteiger charge is 2.07.